The number of hydrogen-bond donors (Lipinski definition) is 1. The third kappa shape index (κ3) is 5.65. The lowest BCUT2D eigenvalue weighted by Gasteiger charge is -2.25. The Hall–Kier alpha value is -2.70. The summed E-state index contributed by atoms with van der Waals surface area (Å²) in [5, 5.41) is 3.10. The molecule has 1 aliphatic rings. The molecular formula is C29H34BrClN2O3. The molecular weight excluding hydrogens is 540 g/mol. The molecule has 1 unspecified atom stereocenters. The molecule has 1 atom stereocenters. The summed E-state index contributed by atoms with van der Waals surface area (Å²) in [5.41, 5.74) is 6.67. The number of benzene rings is 3. The Labute approximate surface area is 228 Å². The average Bonchev–Trinajstić information content (AvgIpc) is 2.95. The van der Waals surface area contributed by atoms with E-state index in [1.807, 2.05) is 55.4 Å². The van der Waals surface area contributed by atoms with Crippen molar-refractivity contribution in [3.8, 4) is 5.75 Å². The molecule has 192 valence electrons. The van der Waals surface area contributed by atoms with Crippen LogP contribution in [0, 0.1) is 0 Å². The summed E-state index contributed by atoms with van der Waals surface area (Å²) in [7, 11) is 3.95. The number of nitrogens with zero attached hydrogens (tertiary/aromatic N) is 1. The van der Waals surface area contributed by atoms with E-state index >= 15 is 0 Å². The zero-order valence-electron chi connectivity index (χ0n) is 21.6. The minimum Gasteiger partial charge on any atom is -0.486 e. The molecule has 0 radical (unpaired) electrons. The molecule has 1 heterocycles. The number of hydrogen-bond acceptors (Lipinski definition) is 4. The zero-order valence-corrected chi connectivity index (χ0v) is 24.0. The van der Waals surface area contributed by atoms with E-state index in [1.165, 1.54) is 0 Å². The molecule has 3 aromatic carbocycles. The first-order valence-corrected chi connectivity index (χ1v) is 12.8. The number of carbonyl (C=O) groups is 1. The third-order valence-electron chi connectivity index (χ3n) is 6.36. The molecule has 36 heavy (non-hydrogen) atoms. The molecule has 0 spiro atoms. The molecule has 0 bridgehead atoms. The van der Waals surface area contributed by atoms with E-state index in [4.69, 9.17) is 9.47 Å². The first-order valence-electron chi connectivity index (χ1n) is 12.0. The van der Waals surface area contributed by atoms with E-state index in [2.05, 4.69) is 67.1 Å². The van der Waals surface area contributed by atoms with Crippen LogP contribution in [0.1, 0.15) is 73.5 Å². The van der Waals surface area contributed by atoms with Gasteiger partial charge in [-0.2, -0.15) is 0 Å². The van der Waals surface area contributed by atoms with Crippen molar-refractivity contribution in [2.75, 3.05) is 24.3 Å². The maximum absolute atomic E-state index is 13.5. The van der Waals surface area contributed by atoms with Gasteiger partial charge in [-0.15, -0.1) is 12.4 Å². The van der Waals surface area contributed by atoms with Crippen LogP contribution >= 0.6 is 28.3 Å². The zero-order chi connectivity index (χ0) is 25.3. The molecule has 0 saturated heterocycles. The normalized spacial score (nSPS) is 14.2. The van der Waals surface area contributed by atoms with E-state index < -0.39 is 12.2 Å². The summed E-state index contributed by atoms with van der Waals surface area (Å²) in [6.07, 6.45) is -1.10. The molecule has 0 fully saturated rings. The fourth-order valence-electron chi connectivity index (χ4n) is 4.58. The summed E-state index contributed by atoms with van der Waals surface area (Å²) in [6.45, 7) is 8.92. The Morgan fingerprint density at radius 1 is 1.00 bits per heavy atom. The van der Waals surface area contributed by atoms with Gasteiger partial charge >= 0.3 is 6.09 Å². The fraction of sp³-hybridized carbons (Fsp3) is 0.345. The van der Waals surface area contributed by atoms with Crippen LogP contribution in [0.25, 0.3) is 0 Å². The topological polar surface area (TPSA) is 50.8 Å². The molecule has 1 N–H and O–H groups in total. The Morgan fingerprint density at radius 2 is 1.64 bits per heavy atom. The number of carbonyl (C=O) groups excluding carboxylic acids is 1. The van der Waals surface area contributed by atoms with Crippen LogP contribution in [-0.2, 0) is 11.3 Å². The van der Waals surface area contributed by atoms with E-state index in [9.17, 15) is 4.79 Å². The Kier molecular flexibility index (Phi) is 8.96. The second-order valence-electron chi connectivity index (χ2n) is 9.76. The monoisotopic (exact) mass is 572 g/mol. The van der Waals surface area contributed by atoms with Gasteiger partial charge in [0.25, 0.3) is 0 Å². The predicted molar refractivity (Wildman–Crippen MR) is 153 cm³/mol. The first kappa shape index (κ1) is 27.9. The molecule has 3 aromatic rings. The van der Waals surface area contributed by atoms with Crippen molar-refractivity contribution in [1.82, 2.24) is 0 Å². The van der Waals surface area contributed by atoms with Crippen LogP contribution in [-0.4, -0.2) is 20.2 Å². The van der Waals surface area contributed by atoms with Gasteiger partial charge in [0.2, 0.25) is 0 Å². The smallest absolute Gasteiger partial charge is 0.412 e. The van der Waals surface area contributed by atoms with Crippen molar-refractivity contribution < 1.29 is 14.3 Å². The second-order valence-corrected chi connectivity index (χ2v) is 10.7. The summed E-state index contributed by atoms with van der Waals surface area (Å²) >= 11 is 3.64. The number of anilines is 2. The third-order valence-corrected chi connectivity index (χ3v) is 6.82. The number of rotatable bonds is 5. The summed E-state index contributed by atoms with van der Waals surface area (Å²) in [5.74, 6) is 1.24. The van der Waals surface area contributed by atoms with Crippen LogP contribution in [0.15, 0.2) is 59.1 Å². The first-order chi connectivity index (χ1) is 16.7. The molecule has 7 heteroatoms. The standard InChI is InChI=1S/C29H33BrN2O3.ClH/c1-17(2)21-12-9-13-22(18(3)4)26(21)31-29(33)35-27-23-11-8-7-10-19(23)16-34-28-24(27)14-20(30)15-25(28)32(5)6;/h7-15,17-18,27H,16H2,1-6H3,(H,31,33);1H. The lowest BCUT2D eigenvalue weighted by atomic mass is 9.93. The molecule has 5 nitrogen and oxygen atoms in total. The Balaban J connectivity index is 0.00000361. The van der Waals surface area contributed by atoms with Crippen LogP contribution in [0.5, 0.6) is 5.75 Å². The SMILES string of the molecule is CC(C)c1cccc(C(C)C)c1NC(=O)OC1c2ccccc2COc2c1cc(Br)cc2N(C)C.Cl. The van der Waals surface area contributed by atoms with Gasteiger partial charge in [-0.1, -0.05) is 86.1 Å². The predicted octanol–water partition coefficient (Wildman–Crippen LogP) is 8.41. The highest BCUT2D eigenvalue weighted by Gasteiger charge is 2.31. The number of fused-ring (bicyclic) bond motifs is 2. The largest absolute Gasteiger partial charge is 0.486 e. The summed E-state index contributed by atoms with van der Waals surface area (Å²) in [6, 6.07) is 18.1. The fourth-order valence-corrected chi connectivity index (χ4v) is 5.05. The van der Waals surface area contributed by atoms with Gasteiger partial charge in [-0.05, 0) is 40.7 Å². The van der Waals surface area contributed by atoms with Crippen molar-refractivity contribution >= 4 is 45.8 Å². The lowest BCUT2D eigenvalue weighted by molar-refractivity contribution is 0.130. The van der Waals surface area contributed by atoms with Crippen LogP contribution < -0.4 is 15.0 Å². The van der Waals surface area contributed by atoms with Gasteiger partial charge in [-0.3, -0.25) is 5.32 Å². The van der Waals surface area contributed by atoms with Gasteiger partial charge in [0.05, 0.1) is 11.4 Å². The van der Waals surface area contributed by atoms with Crippen molar-refractivity contribution in [3.05, 3.63) is 86.9 Å². The number of ether oxygens (including phenoxy) is 2. The molecule has 0 aliphatic carbocycles. The highest BCUT2D eigenvalue weighted by molar-refractivity contribution is 9.10. The average molecular weight is 574 g/mol. The highest BCUT2D eigenvalue weighted by Crippen LogP contribution is 2.45. The van der Waals surface area contributed by atoms with Gasteiger partial charge in [0.15, 0.2) is 6.10 Å². The maximum Gasteiger partial charge on any atom is 0.412 e. The lowest BCUT2D eigenvalue weighted by Crippen LogP contribution is -2.21. The molecule has 1 amide bonds. The quantitative estimate of drug-likeness (QED) is 0.333. The summed E-state index contributed by atoms with van der Waals surface area (Å²) < 4.78 is 13.4. The molecule has 0 aromatic heterocycles. The van der Waals surface area contributed by atoms with Gasteiger partial charge in [0.1, 0.15) is 12.4 Å². The van der Waals surface area contributed by atoms with Crippen LogP contribution in [0.2, 0.25) is 0 Å². The van der Waals surface area contributed by atoms with Crippen molar-refractivity contribution in [3.63, 3.8) is 0 Å². The van der Waals surface area contributed by atoms with Crippen LogP contribution in [0.3, 0.4) is 0 Å². The van der Waals surface area contributed by atoms with E-state index in [-0.39, 0.29) is 24.2 Å². The minimum absolute atomic E-state index is 0. The molecule has 1 aliphatic heterocycles. The second kappa shape index (κ2) is 11.6. The number of nitrogens with one attached hydrogen (secondary N) is 1. The van der Waals surface area contributed by atoms with Crippen molar-refractivity contribution in [1.29, 1.82) is 0 Å². The van der Waals surface area contributed by atoms with Gasteiger partial charge in [-0.25, -0.2) is 4.79 Å². The number of halogens is 2. The van der Waals surface area contributed by atoms with E-state index in [0.717, 1.165) is 49.4 Å². The Bertz CT molecular complexity index is 1220. The van der Waals surface area contributed by atoms with Gasteiger partial charge < -0.3 is 14.4 Å². The molecule has 4 rings (SSSR count). The van der Waals surface area contributed by atoms with Crippen LogP contribution in [0.4, 0.5) is 16.2 Å². The van der Waals surface area contributed by atoms with E-state index in [0.29, 0.717) is 6.61 Å². The highest BCUT2D eigenvalue weighted by atomic mass is 79.9. The molecule has 0 saturated carbocycles. The number of para-hydroxylation sites is 1. The van der Waals surface area contributed by atoms with E-state index in [1.54, 1.807) is 0 Å². The Morgan fingerprint density at radius 3 is 2.25 bits per heavy atom. The number of amides is 1. The minimum atomic E-state index is -0.617. The van der Waals surface area contributed by atoms with Crippen molar-refractivity contribution in [2.24, 2.45) is 0 Å². The van der Waals surface area contributed by atoms with Crippen molar-refractivity contribution in [2.45, 2.75) is 52.2 Å². The maximum atomic E-state index is 13.5. The summed E-state index contributed by atoms with van der Waals surface area (Å²) in [4.78, 5) is 15.5. The van der Waals surface area contributed by atoms with Gasteiger partial charge in [0, 0.05) is 29.7 Å².